The Morgan fingerprint density at radius 3 is 2.56 bits per heavy atom. The van der Waals surface area contributed by atoms with Crippen molar-refractivity contribution in [2.24, 2.45) is 0 Å². The number of thiocarbonyl (C=S) groups is 1. The zero-order valence-corrected chi connectivity index (χ0v) is 26.3. The van der Waals surface area contributed by atoms with Crippen LogP contribution in [0.2, 0.25) is 0 Å². The van der Waals surface area contributed by atoms with E-state index in [1.165, 1.54) is 16.2 Å². The molecule has 230 valence electrons. The molecule has 0 aliphatic carbocycles. The minimum Gasteiger partial charge on any atom is -0.497 e. The first-order valence-electron chi connectivity index (χ1n) is 14.7. The Balaban J connectivity index is 1.11. The number of rotatable bonds is 8. The maximum absolute atomic E-state index is 13.9. The third-order valence-electron chi connectivity index (χ3n) is 8.20. The normalized spacial score (nSPS) is 17.6. The molecule has 10 nitrogen and oxygen atoms in total. The van der Waals surface area contributed by atoms with Crippen LogP contribution in [0, 0.1) is 0 Å². The fraction of sp³-hybridized carbons (Fsp3) is 0.273. The Hall–Kier alpha value is -4.39. The van der Waals surface area contributed by atoms with Gasteiger partial charge < -0.3 is 19.1 Å². The van der Waals surface area contributed by atoms with Gasteiger partial charge in [-0.2, -0.15) is 0 Å². The van der Waals surface area contributed by atoms with Crippen LogP contribution in [0.4, 0.5) is 5.82 Å². The molecule has 0 bridgehead atoms. The zero-order chi connectivity index (χ0) is 30.9. The van der Waals surface area contributed by atoms with Crippen molar-refractivity contribution >= 4 is 51.7 Å². The lowest BCUT2D eigenvalue weighted by atomic mass is 10.1. The minimum atomic E-state index is -0.220. The van der Waals surface area contributed by atoms with Gasteiger partial charge in [-0.25, -0.2) is 4.98 Å². The van der Waals surface area contributed by atoms with Gasteiger partial charge in [-0.05, 0) is 60.0 Å². The fourth-order valence-corrected chi connectivity index (χ4v) is 7.02. The van der Waals surface area contributed by atoms with Crippen LogP contribution in [0.25, 0.3) is 11.7 Å². The number of carbonyl (C=O) groups is 1. The van der Waals surface area contributed by atoms with Gasteiger partial charge >= 0.3 is 0 Å². The molecule has 0 saturated carbocycles. The lowest BCUT2D eigenvalue weighted by Crippen LogP contribution is -2.47. The Kier molecular flexibility index (Phi) is 8.18. The van der Waals surface area contributed by atoms with Crippen molar-refractivity contribution in [2.45, 2.75) is 13.0 Å². The molecule has 12 heteroatoms. The van der Waals surface area contributed by atoms with Crippen molar-refractivity contribution < 1.29 is 19.0 Å². The predicted octanol–water partition coefficient (Wildman–Crippen LogP) is 4.20. The maximum Gasteiger partial charge on any atom is 0.267 e. The fourth-order valence-electron chi connectivity index (χ4n) is 5.73. The van der Waals surface area contributed by atoms with Crippen LogP contribution in [0.3, 0.4) is 0 Å². The molecule has 3 aliphatic rings. The van der Waals surface area contributed by atoms with Crippen molar-refractivity contribution in [3.05, 3.63) is 98.8 Å². The summed E-state index contributed by atoms with van der Waals surface area (Å²) in [6, 6.07) is 19.3. The SMILES string of the molecule is COc1ccc(CCN2C(=O)/C(=C\c3c(N4CCN(Cc5ccc6c(c5)OCO6)CC4)nc4ccccn4c3=O)SC2=S)cc1. The summed E-state index contributed by atoms with van der Waals surface area (Å²) in [5.74, 6) is 2.72. The summed E-state index contributed by atoms with van der Waals surface area (Å²) >= 11 is 6.83. The molecule has 0 unspecified atom stereocenters. The minimum absolute atomic E-state index is 0.199. The zero-order valence-electron chi connectivity index (χ0n) is 24.7. The van der Waals surface area contributed by atoms with E-state index in [0.29, 0.717) is 52.3 Å². The van der Waals surface area contributed by atoms with E-state index in [0.717, 1.165) is 48.0 Å². The lowest BCUT2D eigenvalue weighted by molar-refractivity contribution is -0.122. The summed E-state index contributed by atoms with van der Waals surface area (Å²) in [5, 5.41) is 0. The first-order valence-corrected chi connectivity index (χ1v) is 15.9. The quantitative estimate of drug-likeness (QED) is 0.206. The number of nitrogens with zero attached hydrogens (tertiary/aromatic N) is 5. The molecular formula is C33H31N5O5S2. The number of pyridine rings is 1. The van der Waals surface area contributed by atoms with Gasteiger partial charge in [0.2, 0.25) is 6.79 Å². The lowest BCUT2D eigenvalue weighted by Gasteiger charge is -2.36. The average molecular weight is 642 g/mol. The molecular weight excluding hydrogens is 611 g/mol. The largest absolute Gasteiger partial charge is 0.497 e. The van der Waals surface area contributed by atoms with Gasteiger partial charge in [0.25, 0.3) is 11.5 Å². The number of methoxy groups -OCH3 is 1. The van der Waals surface area contributed by atoms with Gasteiger partial charge in [-0.15, -0.1) is 0 Å². The highest BCUT2D eigenvalue weighted by molar-refractivity contribution is 8.26. The highest BCUT2D eigenvalue weighted by atomic mass is 32.2. The van der Waals surface area contributed by atoms with Crippen LogP contribution in [-0.2, 0) is 17.8 Å². The number of aromatic nitrogens is 2. The molecule has 3 aliphatic heterocycles. The summed E-state index contributed by atoms with van der Waals surface area (Å²) < 4.78 is 18.2. The van der Waals surface area contributed by atoms with Crippen LogP contribution in [0.15, 0.2) is 76.6 Å². The number of ether oxygens (including phenoxy) is 3. The molecule has 2 fully saturated rings. The molecule has 1 amide bonds. The molecule has 4 aromatic rings. The Bertz CT molecular complexity index is 1870. The van der Waals surface area contributed by atoms with Crippen molar-refractivity contribution in [1.82, 2.24) is 19.2 Å². The van der Waals surface area contributed by atoms with Crippen LogP contribution >= 0.6 is 24.0 Å². The Morgan fingerprint density at radius 2 is 1.76 bits per heavy atom. The molecule has 5 heterocycles. The summed E-state index contributed by atoms with van der Waals surface area (Å²) in [7, 11) is 1.63. The van der Waals surface area contributed by atoms with E-state index in [1.54, 1.807) is 30.3 Å². The van der Waals surface area contributed by atoms with Crippen LogP contribution in [0.1, 0.15) is 16.7 Å². The molecule has 2 saturated heterocycles. The van der Waals surface area contributed by atoms with Gasteiger partial charge in [0, 0.05) is 45.5 Å². The Morgan fingerprint density at radius 1 is 0.978 bits per heavy atom. The van der Waals surface area contributed by atoms with E-state index in [9.17, 15) is 9.59 Å². The van der Waals surface area contributed by atoms with E-state index in [2.05, 4.69) is 15.9 Å². The molecule has 0 atom stereocenters. The van der Waals surface area contributed by atoms with Crippen molar-refractivity contribution in [3.63, 3.8) is 0 Å². The number of carbonyl (C=O) groups excluding carboxylic acids is 1. The summed E-state index contributed by atoms with van der Waals surface area (Å²) in [4.78, 5) is 38.9. The van der Waals surface area contributed by atoms with Crippen molar-refractivity contribution in [2.75, 3.05) is 51.5 Å². The molecule has 2 aromatic heterocycles. The highest BCUT2D eigenvalue weighted by Crippen LogP contribution is 2.35. The topological polar surface area (TPSA) is 88.8 Å². The van der Waals surface area contributed by atoms with E-state index < -0.39 is 0 Å². The molecule has 0 N–H and O–H groups in total. The van der Waals surface area contributed by atoms with Crippen LogP contribution in [0.5, 0.6) is 17.2 Å². The smallest absolute Gasteiger partial charge is 0.267 e. The highest BCUT2D eigenvalue weighted by Gasteiger charge is 2.33. The second kappa shape index (κ2) is 12.5. The second-order valence-electron chi connectivity index (χ2n) is 11.0. The van der Waals surface area contributed by atoms with Gasteiger partial charge in [0.05, 0.1) is 17.6 Å². The summed E-state index contributed by atoms with van der Waals surface area (Å²) in [6.07, 6.45) is 4.02. The van der Waals surface area contributed by atoms with E-state index in [-0.39, 0.29) is 18.3 Å². The van der Waals surface area contributed by atoms with Crippen molar-refractivity contribution in [1.29, 1.82) is 0 Å². The molecule has 45 heavy (non-hydrogen) atoms. The number of benzene rings is 2. The number of thioether (sulfide) groups is 1. The average Bonchev–Trinajstić information content (AvgIpc) is 3.64. The third-order valence-corrected chi connectivity index (χ3v) is 9.57. The number of piperazine rings is 1. The molecule has 2 aromatic carbocycles. The molecule has 7 rings (SSSR count). The van der Waals surface area contributed by atoms with Gasteiger partial charge in [0.15, 0.2) is 11.5 Å². The van der Waals surface area contributed by atoms with Gasteiger partial charge in [-0.1, -0.05) is 48.2 Å². The predicted molar refractivity (Wildman–Crippen MR) is 178 cm³/mol. The summed E-state index contributed by atoms with van der Waals surface area (Å²) in [6.45, 7) is 4.43. The van der Waals surface area contributed by atoms with E-state index in [1.807, 2.05) is 48.5 Å². The number of amides is 1. The number of hydrogen-bond acceptors (Lipinski definition) is 10. The van der Waals surface area contributed by atoms with E-state index >= 15 is 0 Å². The standard InChI is InChI=1S/C33H31N5O5S2/c1-41-24-8-5-22(6-9-24)11-13-38-32(40)28(45-33(38)44)19-25-30(34-29-4-2-3-12-37(29)31(25)39)36-16-14-35(15-17-36)20-23-7-10-26-27(18-23)43-21-42-26/h2-10,12,18-19H,11,13-17,20-21H2,1H3/b28-19+. The number of fused-ring (bicyclic) bond motifs is 2. The first-order chi connectivity index (χ1) is 22.0. The summed E-state index contributed by atoms with van der Waals surface area (Å²) in [5.41, 5.74) is 2.96. The number of hydrogen-bond donors (Lipinski definition) is 0. The van der Waals surface area contributed by atoms with Crippen LogP contribution < -0.4 is 24.7 Å². The second-order valence-corrected chi connectivity index (χ2v) is 12.6. The Labute approximate surface area is 269 Å². The molecule has 0 radical (unpaired) electrons. The monoisotopic (exact) mass is 641 g/mol. The third kappa shape index (κ3) is 6.00. The van der Waals surface area contributed by atoms with Crippen molar-refractivity contribution in [3.8, 4) is 17.2 Å². The first kappa shape index (κ1) is 29.3. The number of anilines is 1. The van der Waals surface area contributed by atoms with E-state index in [4.69, 9.17) is 31.4 Å². The van der Waals surface area contributed by atoms with Gasteiger partial charge in [-0.3, -0.25) is 23.8 Å². The van der Waals surface area contributed by atoms with Gasteiger partial charge in [0.1, 0.15) is 21.5 Å². The molecule has 0 spiro atoms. The maximum atomic E-state index is 13.9. The van der Waals surface area contributed by atoms with Crippen LogP contribution in [-0.4, -0.2) is 76.0 Å².